The second-order valence-electron chi connectivity index (χ2n) is 5.82. The summed E-state index contributed by atoms with van der Waals surface area (Å²) in [6, 6.07) is 12.7. The summed E-state index contributed by atoms with van der Waals surface area (Å²) in [6.45, 7) is 5.52. The topological polar surface area (TPSA) is 67.4 Å². The van der Waals surface area contributed by atoms with Gasteiger partial charge in [0.15, 0.2) is 6.10 Å². The molecule has 0 saturated carbocycles. The van der Waals surface area contributed by atoms with Gasteiger partial charge in [-0.2, -0.15) is 0 Å². The van der Waals surface area contributed by atoms with E-state index in [4.69, 9.17) is 16.3 Å². The summed E-state index contributed by atoms with van der Waals surface area (Å²) in [5, 5.41) is 0.582. The van der Waals surface area contributed by atoms with Crippen molar-refractivity contribution in [2.75, 3.05) is 0 Å². The van der Waals surface area contributed by atoms with Crippen LogP contribution in [0, 0.1) is 13.8 Å². The number of nitrogens with one attached hydrogen (secondary N) is 2. The first-order chi connectivity index (χ1) is 12.4. The van der Waals surface area contributed by atoms with Crippen LogP contribution in [0.25, 0.3) is 6.08 Å². The number of aryl methyl sites for hydroxylation is 1. The second kappa shape index (κ2) is 9.06. The van der Waals surface area contributed by atoms with Gasteiger partial charge in [-0.05, 0) is 61.7 Å². The Bertz CT molecular complexity index is 834. The summed E-state index contributed by atoms with van der Waals surface area (Å²) in [5.74, 6) is -0.271. The van der Waals surface area contributed by atoms with Crippen molar-refractivity contribution in [1.29, 1.82) is 0 Å². The van der Waals surface area contributed by atoms with E-state index in [1.165, 1.54) is 6.08 Å². The van der Waals surface area contributed by atoms with Crippen LogP contribution in [0.1, 0.15) is 23.6 Å². The lowest BCUT2D eigenvalue weighted by Crippen LogP contribution is -2.46. The zero-order valence-electron chi connectivity index (χ0n) is 14.9. The van der Waals surface area contributed by atoms with Gasteiger partial charge in [0, 0.05) is 11.1 Å². The van der Waals surface area contributed by atoms with E-state index in [9.17, 15) is 9.59 Å². The van der Waals surface area contributed by atoms with E-state index in [2.05, 4.69) is 10.9 Å². The number of carbonyl (C=O) groups excluding carboxylic acids is 2. The third kappa shape index (κ3) is 5.63. The van der Waals surface area contributed by atoms with Crippen LogP contribution in [0.2, 0.25) is 5.02 Å². The van der Waals surface area contributed by atoms with E-state index in [-0.39, 0.29) is 0 Å². The molecule has 2 aromatic rings. The first kappa shape index (κ1) is 19.5. The van der Waals surface area contributed by atoms with Gasteiger partial charge < -0.3 is 4.74 Å². The summed E-state index contributed by atoms with van der Waals surface area (Å²) >= 11 is 5.88. The maximum Gasteiger partial charge on any atom is 0.279 e. The van der Waals surface area contributed by atoms with Crippen LogP contribution < -0.4 is 15.6 Å². The SMILES string of the molecule is Cc1cccc(OC(C)C(=O)NNC(=O)/C=C/c2cccc(Cl)c2)c1C. The fourth-order valence-corrected chi connectivity index (χ4v) is 2.34. The highest BCUT2D eigenvalue weighted by molar-refractivity contribution is 6.30. The number of rotatable bonds is 5. The van der Waals surface area contributed by atoms with Crippen molar-refractivity contribution < 1.29 is 14.3 Å². The van der Waals surface area contributed by atoms with Crippen molar-refractivity contribution in [3.63, 3.8) is 0 Å². The smallest absolute Gasteiger partial charge is 0.279 e. The molecule has 0 aliphatic heterocycles. The molecule has 5 nitrogen and oxygen atoms in total. The summed E-state index contributed by atoms with van der Waals surface area (Å²) < 4.78 is 5.67. The Kier molecular flexibility index (Phi) is 6.81. The highest BCUT2D eigenvalue weighted by Gasteiger charge is 2.16. The van der Waals surface area contributed by atoms with Gasteiger partial charge >= 0.3 is 0 Å². The molecule has 0 aliphatic carbocycles. The van der Waals surface area contributed by atoms with Crippen molar-refractivity contribution in [2.24, 2.45) is 0 Å². The standard InChI is InChI=1S/C20H21ClN2O3/c1-13-6-4-9-18(14(13)2)26-15(3)20(25)23-22-19(24)11-10-16-7-5-8-17(21)12-16/h4-12,15H,1-3H3,(H,22,24)(H,23,25)/b11-10+. The van der Waals surface area contributed by atoms with Crippen LogP contribution in [0.3, 0.4) is 0 Å². The molecule has 1 unspecified atom stereocenters. The third-order valence-corrected chi connectivity index (χ3v) is 4.05. The molecule has 0 radical (unpaired) electrons. The van der Waals surface area contributed by atoms with Crippen LogP contribution in [0.5, 0.6) is 5.75 Å². The fourth-order valence-electron chi connectivity index (χ4n) is 2.14. The molecular formula is C20H21ClN2O3. The number of hydrogen-bond acceptors (Lipinski definition) is 3. The molecule has 136 valence electrons. The predicted octanol–water partition coefficient (Wildman–Crippen LogP) is 3.58. The molecule has 1 atom stereocenters. The van der Waals surface area contributed by atoms with Crippen LogP contribution in [0.4, 0.5) is 0 Å². The Balaban J connectivity index is 1.85. The molecule has 6 heteroatoms. The molecule has 2 rings (SSSR count). The zero-order valence-corrected chi connectivity index (χ0v) is 15.6. The molecule has 0 saturated heterocycles. The summed E-state index contributed by atoms with van der Waals surface area (Å²) in [5.41, 5.74) is 7.50. The van der Waals surface area contributed by atoms with Crippen LogP contribution in [0.15, 0.2) is 48.5 Å². The number of halogens is 1. The number of hydrogen-bond donors (Lipinski definition) is 2. The number of benzene rings is 2. The minimum absolute atomic E-state index is 0.449. The van der Waals surface area contributed by atoms with Gasteiger partial charge in [-0.15, -0.1) is 0 Å². The Morgan fingerprint density at radius 3 is 2.58 bits per heavy atom. The number of carbonyl (C=O) groups is 2. The summed E-state index contributed by atoms with van der Waals surface area (Å²) in [4.78, 5) is 23.9. The van der Waals surface area contributed by atoms with E-state index in [1.807, 2.05) is 32.0 Å². The van der Waals surface area contributed by atoms with E-state index >= 15 is 0 Å². The van der Waals surface area contributed by atoms with Gasteiger partial charge in [0.25, 0.3) is 11.8 Å². The maximum atomic E-state index is 12.1. The monoisotopic (exact) mass is 372 g/mol. The van der Waals surface area contributed by atoms with Gasteiger partial charge in [-0.3, -0.25) is 20.4 Å². The first-order valence-corrected chi connectivity index (χ1v) is 8.51. The fraction of sp³-hybridized carbons (Fsp3) is 0.200. The van der Waals surface area contributed by atoms with Gasteiger partial charge in [0.2, 0.25) is 0 Å². The van der Waals surface area contributed by atoms with E-state index in [0.29, 0.717) is 10.8 Å². The minimum atomic E-state index is -0.757. The van der Waals surface area contributed by atoms with Gasteiger partial charge in [-0.25, -0.2) is 0 Å². The van der Waals surface area contributed by atoms with Crippen molar-refractivity contribution in [3.05, 3.63) is 70.3 Å². The molecule has 2 amide bonds. The number of ether oxygens (including phenoxy) is 1. The van der Waals surface area contributed by atoms with Crippen LogP contribution in [-0.2, 0) is 9.59 Å². The lowest BCUT2D eigenvalue weighted by atomic mass is 10.1. The molecule has 2 N–H and O–H groups in total. The lowest BCUT2D eigenvalue weighted by molar-refractivity contribution is -0.131. The quantitative estimate of drug-likeness (QED) is 0.622. The molecule has 0 spiro atoms. The molecule has 0 aliphatic rings. The number of hydrazine groups is 1. The third-order valence-electron chi connectivity index (χ3n) is 3.81. The molecule has 0 bridgehead atoms. The van der Waals surface area contributed by atoms with Crippen molar-refractivity contribution in [3.8, 4) is 5.75 Å². The average molecular weight is 373 g/mol. The van der Waals surface area contributed by atoms with Crippen molar-refractivity contribution >= 4 is 29.5 Å². The van der Waals surface area contributed by atoms with E-state index in [0.717, 1.165) is 16.7 Å². The van der Waals surface area contributed by atoms with Crippen LogP contribution in [-0.4, -0.2) is 17.9 Å². The predicted molar refractivity (Wildman–Crippen MR) is 103 cm³/mol. The Morgan fingerprint density at radius 1 is 1.12 bits per heavy atom. The molecule has 26 heavy (non-hydrogen) atoms. The molecule has 0 aromatic heterocycles. The minimum Gasteiger partial charge on any atom is -0.481 e. The molecular weight excluding hydrogens is 352 g/mol. The Hall–Kier alpha value is -2.79. The summed E-state index contributed by atoms with van der Waals surface area (Å²) in [7, 11) is 0. The highest BCUT2D eigenvalue weighted by atomic mass is 35.5. The molecule has 2 aromatic carbocycles. The summed E-state index contributed by atoms with van der Waals surface area (Å²) in [6.07, 6.45) is 2.15. The zero-order chi connectivity index (χ0) is 19.1. The van der Waals surface area contributed by atoms with E-state index in [1.54, 1.807) is 37.3 Å². The second-order valence-corrected chi connectivity index (χ2v) is 6.26. The normalized spacial score (nSPS) is 11.8. The lowest BCUT2D eigenvalue weighted by Gasteiger charge is -2.17. The Labute approximate surface area is 158 Å². The highest BCUT2D eigenvalue weighted by Crippen LogP contribution is 2.21. The van der Waals surface area contributed by atoms with Crippen molar-refractivity contribution in [2.45, 2.75) is 26.9 Å². The molecule has 0 fully saturated rings. The van der Waals surface area contributed by atoms with Gasteiger partial charge in [0.1, 0.15) is 5.75 Å². The van der Waals surface area contributed by atoms with Gasteiger partial charge in [-0.1, -0.05) is 35.9 Å². The largest absolute Gasteiger partial charge is 0.481 e. The maximum absolute atomic E-state index is 12.1. The van der Waals surface area contributed by atoms with Crippen LogP contribution >= 0.6 is 11.6 Å². The van der Waals surface area contributed by atoms with E-state index < -0.39 is 17.9 Å². The number of amides is 2. The van der Waals surface area contributed by atoms with Gasteiger partial charge in [0.05, 0.1) is 0 Å². The average Bonchev–Trinajstić information content (AvgIpc) is 2.61. The van der Waals surface area contributed by atoms with Crippen molar-refractivity contribution in [1.82, 2.24) is 10.9 Å². The molecule has 0 heterocycles. The Morgan fingerprint density at radius 2 is 1.85 bits per heavy atom. The first-order valence-electron chi connectivity index (χ1n) is 8.13.